The summed E-state index contributed by atoms with van der Waals surface area (Å²) >= 11 is 0. The number of rotatable bonds is 8. The molecule has 1 rings (SSSR count). The summed E-state index contributed by atoms with van der Waals surface area (Å²) in [6.07, 6.45) is 2.92. The maximum absolute atomic E-state index is 5.43. The molecule has 0 aliphatic rings. The van der Waals surface area contributed by atoms with Gasteiger partial charge in [0.2, 0.25) is 0 Å². The molecule has 4 nitrogen and oxygen atoms in total. The van der Waals surface area contributed by atoms with Crippen LogP contribution in [0.25, 0.3) is 0 Å². The Morgan fingerprint density at radius 1 is 1.25 bits per heavy atom. The molecular formula is C16H28N2O2. The number of nitrogens with zero attached hydrogens (tertiary/aromatic N) is 1. The van der Waals surface area contributed by atoms with E-state index in [1.165, 1.54) is 0 Å². The van der Waals surface area contributed by atoms with Gasteiger partial charge in [-0.2, -0.15) is 0 Å². The van der Waals surface area contributed by atoms with Gasteiger partial charge in [-0.15, -0.1) is 0 Å². The molecule has 0 spiro atoms. The fourth-order valence-corrected chi connectivity index (χ4v) is 2.24. The van der Waals surface area contributed by atoms with Crippen molar-refractivity contribution in [2.24, 2.45) is 5.41 Å². The summed E-state index contributed by atoms with van der Waals surface area (Å²) in [5.74, 6) is 0.940. The van der Waals surface area contributed by atoms with Gasteiger partial charge >= 0.3 is 0 Å². The van der Waals surface area contributed by atoms with Gasteiger partial charge in [0.1, 0.15) is 5.75 Å². The van der Waals surface area contributed by atoms with Gasteiger partial charge in [-0.3, -0.25) is 4.98 Å². The van der Waals surface area contributed by atoms with Crippen LogP contribution in [0.1, 0.15) is 37.1 Å². The van der Waals surface area contributed by atoms with Crippen LogP contribution in [0.2, 0.25) is 0 Å². The van der Waals surface area contributed by atoms with Gasteiger partial charge in [0.25, 0.3) is 0 Å². The van der Waals surface area contributed by atoms with Crippen LogP contribution in [-0.4, -0.2) is 32.4 Å². The molecule has 1 aromatic rings. The van der Waals surface area contributed by atoms with Crippen molar-refractivity contribution in [2.45, 2.75) is 40.7 Å². The molecule has 0 fully saturated rings. The van der Waals surface area contributed by atoms with Crippen molar-refractivity contribution in [3.05, 3.63) is 23.0 Å². The Hall–Kier alpha value is -1.13. The minimum atomic E-state index is 0.221. The van der Waals surface area contributed by atoms with E-state index >= 15 is 0 Å². The third-order valence-corrected chi connectivity index (χ3v) is 3.63. The lowest BCUT2D eigenvalue weighted by Crippen LogP contribution is -2.30. The summed E-state index contributed by atoms with van der Waals surface area (Å²) in [5, 5.41) is 3.49. The molecule has 0 aliphatic heterocycles. The molecule has 0 saturated heterocycles. The van der Waals surface area contributed by atoms with Gasteiger partial charge in [-0.1, -0.05) is 13.8 Å². The quantitative estimate of drug-likeness (QED) is 0.795. The lowest BCUT2D eigenvalue weighted by atomic mass is 9.89. The molecule has 20 heavy (non-hydrogen) atoms. The maximum atomic E-state index is 5.43. The molecule has 1 N–H and O–H groups in total. The second-order valence-electron chi connectivity index (χ2n) is 6.06. The van der Waals surface area contributed by atoms with Crippen molar-refractivity contribution in [3.63, 3.8) is 0 Å². The van der Waals surface area contributed by atoms with Crippen molar-refractivity contribution < 1.29 is 9.47 Å². The second kappa shape index (κ2) is 7.60. The zero-order valence-corrected chi connectivity index (χ0v) is 13.7. The molecular weight excluding hydrogens is 252 g/mol. The Morgan fingerprint density at radius 2 is 1.95 bits per heavy atom. The summed E-state index contributed by atoms with van der Waals surface area (Å²) in [5.41, 5.74) is 3.47. The molecule has 0 atom stereocenters. The summed E-state index contributed by atoms with van der Waals surface area (Å²) in [4.78, 5) is 4.50. The number of hydrogen-bond donors (Lipinski definition) is 1. The molecule has 0 unspecified atom stereocenters. The van der Waals surface area contributed by atoms with Crippen molar-refractivity contribution in [2.75, 3.05) is 27.4 Å². The largest absolute Gasteiger partial charge is 0.496 e. The lowest BCUT2D eigenvalue weighted by Gasteiger charge is -2.25. The van der Waals surface area contributed by atoms with Gasteiger partial charge in [-0.25, -0.2) is 0 Å². The fourth-order valence-electron chi connectivity index (χ4n) is 2.24. The molecule has 0 amide bonds. The van der Waals surface area contributed by atoms with Gasteiger partial charge < -0.3 is 14.8 Å². The zero-order valence-electron chi connectivity index (χ0n) is 13.7. The van der Waals surface area contributed by atoms with Crippen LogP contribution in [0.15, 0.2) is 6.20 Å². The first kappa shape index (κ1) is 16.9. The van der Waals surface area contributed by atoms with Crippen LogP contribution >= 0.6 is 0 Å². The van der Waals surface area contributed by atoms with E-state index in [9.17, 15) is 0 Å². The van der Waals surface area contributed by atoms with E-state index in [-0.39, 0.29) is 5.41 Å². The Balaban J connectivity index is 2.58. The first-order valence-electron chi connectivity index (χ1n) is 7.10. The monoisotopic (exact) mass is 280 g/mol. The van der Waals surface area contributed by atoms with E-state index in [0.29, 0.717) is 0 Å². The third-order valence-electron chi connectivity index (χ3n) is 3.63. The van der Waals surface area contributed by atoms with Crippen LogP contribution in [0.3, 0.4) is 0 Å². The van der Waals surface area contributed by atoms with Gasteiger partial charge in [0.05, 0.1) is 12.8 Å². The minimum Gasteiger partial charge on any atom is -0.496 e. The number of ether oxygens (including phenoxy) is 2. The highest BCUT2D eigenvalue weighted by Crippen LogP contribution is 2.24. The number of aryl methyl sites for hydroxylation is 1. The average Bonchev–Trinajstić information content (AvgIpc) is 2.40. The van der Waals surface area contributed by atoms with Gasteiger partial charge in [0, 0.05) is 44.1 Å². The predicted octanol–water partition coefficient (Wildman–Crippen LogP) is 2.86. The normalized spacial score (nSPS) is 11.7. The zero-order chi connectivity index (χ0) is 15.2. The van der Waals surface area contributed by atoms with Crippen LogP contribution in [0, 0.1) is 19.3 Å². The molecule has 1 aromatic heterocycles. The van der Waals surface area contributed by atoms with Crippen molar-refractivity contribution in [1.29, 1.82) is 0 Å². The first-order valence-corrected chi connectivity index (χ1v) is 7.10. The van der Waals surface area contributed by atoms with Crippen molar-refractivity contribution >= 4 is 0 Å². The van der Waals surface area contributed by atoms with E-state index in [2.05, 4.69) is 31.1 Å². The highest BCUT2D eigenvalue weighted by molar-refractivity contribution is 5.40. The molecule has 4 heteroatoms. The van der Waals surface area contributed by atoms with Crippen molar-refractivity contribution in [1.82, 2.24) is 10.3 Å². The van der Waals surface area contributed by atoms with E-state index in [1.807, 2.05) is 13.1 Å². The van der Waals surface area contributed by atoms with Gasteiger partial charge in [-0.05, 0) is 25.7 Å². The minimum absolute atomic E-state index is 0.221. The number of hydrogen-bond acceptors (Lipinski definition) is 4. The Kier molecular flexibility index (Phi) is 6.43. The van der Waals surface area contributed by atoms with Crippen molar-refractivity contribution in [3.8, 4) is 5.75 Å². The van der Waals surface area contributed by atoms with E-state index in [0.717, 1.165) is 48.7 Å². The Labute approximate surface area is 122 Å². The standard InChI is InChI=1S/C16H28N2O2/c1-12-9-18-14(13(2)15(12)20-6)10-17-11-16(3,4)7-8-19-5/h9,17H,7-8,10-11H2,1-6H3. The Morgan fingerprint density at radius 3 is 2.55 bits per heavy atom. The Bertz CT molecular complexity index is 431. The average molecular weight is 280 g/mol. The fraction of sp³-hybridized carbons (Fsp3) is 0.688. The van der Waals surface area contributed by atoms with Crippen LogP contribution < -0.4 is 10.1 Å². The van der Waals surface area contributed by atoms with Gasteiger partial charge in [0.15, 0.2) is 0 Å². The second-order valence-corrected chi connectivity index (χ2v) is 6.06. The molecule has 1 heterocycles. The van der Waals surface area contributed by atoms with E-state index < -0.39 is 0 Å². The summed E-state index contributed by atoms with van der Waals surface area (Å²) in [6.45, 7) is 11.1. The predicted molar refractivity (Wildman–Crippen MR) is 82.2 cm³/mol. The highest BCUT2D eigenvalue weighted by atomic mass is 16.5. The highest BCUT2D eigenvalue weighted by Gasteiger charge is 2.17. The number of aromatic nitrogens is 1. The molecule has 0 saturated carbocycles. The number of nitrogens with one attached hydrogen (secondary N) is 1. The molecule has 0 bridgehead atoms. The van der Waals surface area contributed by atoms with E-state index in [1.54, 1.807) is 14.2 Å². The molecule has 0 aliphatic carbocycles. The van der Waals surface area contributed by atoms with E-state index in [4.69, 9.17) is 9.47 Å². The summed E-state index contributed by atoms with van der Waals surface area (Å²) in [7, 11) is 3.45. The molecule has 114 valence electrons. The molecule has 0 aromatic carbocycles. The third kappa shape index (κ3) is 4.76. The number of methoxy groups -OCH3 is 2. The summed E-state index contributed by atoms with van der Waals surface area (Å²) in [6, 6.07) is 0. The maximum Gasteiger partial charge on any atom is 0.128 e. The smallest absolute Gasteiger partial charge is 0.128 e. The SMILES string of the molecule is COCCC(C)(C)CNCc1ncc(C)c(OC)c1C. The van der Waals surface area contributed by atoms with Crippen LogP contribution in [0.4, 0.5) is 0 Å². The molecule has 0 radical (unpaired) electrons. The first-order chi connectivity index (χ1) is 9.41. The summed E-state index contributed by atoms with van der Waals surface area (Å²) < 4.78 is 10.6. The number of pyridine rings is 1. The lowest BCUT2D eigenvalue weighted by molar-refractivity contribution is 0.150. The topological polar surface area (TPSA) is 43.4 Å². The van der Waals surface area contributed by atoms with Crippen LogP contribution in [-0.2, 0) is 11.3 Å². The van der Waals surface area contributed by atoms with Crippen LogP contribution in [0.5, 0.6) is 5.75 Å².